The van der Waals surface area contributed by atoms with Gasteiger partial charge in [-0.2, -0.15) is 0 Å². The van der Waals surface area contributed by atoms with Gasteiger partial charge in [-0.05, 0) is 43.2 Å². The second kappa shape index (κ2) is 5.39. The summed E-state index contributed by atoms with van der Waals surface area (Å²) in [6.07, 6.45) is 2.77. The Morgan fingerprint density at radius 3 is 2.62 bits per heavy atom. The van der Waals surface area contributed by atoms with E-state index in [1.807, 2.05) is 0 Å². The number of carbonyl (C=O) groups excluding carboxylic acids is 1. The second-order valence-electron chi connectivity index (χ2n) is 5.94. The first-order valence-electron chi connectivity index (χ1n) is 7.28. The fourth-order valence-corrected chi connectivity index (χ4v) is 3.95. The number of anilines is 1. The monoisotopic (exact) mass is 289 g/mol. The molecule has 4 atom stereocenters. The van der Waals surface area contributed by atoms with Crippen LogP contribution in [0.4, 0.5) is 5.69 Å². The van der Waals surface area contributed by atoms with E-state index in [-0.39, 0.29) is 17.7 Å². The van der Waals surface area contributed by atoms with Crippen molar-refractivity contribution in [2.75, 3.05) is 12.4 Å². The van der Waals surface area contributed by atoms with E-state index in [2.05, 4.69) is 5.32 Å². The number of carbonyl (C=O) groups is 2. The summed E-state index contributed by atoms with van der Waals surface area (Å²) < 4.78 is 5.13. The number of hydrogen-bond donors (Lipinski definition) is 2. The van der Waals surface area contributed by atoms with Gasteiger partial charge in [0.05, 0.1) is 18.9 Å². The number of rotatable bonds is 4. The van der Waals surface area contributed by atoms with Gasteiger partial charge in [-0.1, -0.05) is 6.07 Å². The Labute approximate surface area is 123 Å². The Bertz CT molecular complexity index is 571. The van der Waals surface area contributed by atoms with Crippen molar-refractivity contribution in [3.8, 4) is 5.75 Å². The van der Waals surface area contributed by atoms with Crippen molar-refractivity contribution in [1.29, 1.82) is 0 Å². The van der Waals surface area contributed by atoms with E-state index in [1.54, 1.807) is 31.4 Å². The summed E-state index contributed by atoms with van der Waals surface area (Å²) in [6, 6.07) is 7.11. The van der Waals surface area contributed by atoms with Crippen LogP contribution in [0.25, 0.3) is 0 Å². The Morgan fingerprint density at radius 2 is 1.95 bits per heavy atom. The number of carboxylic acid groups (broad SMARTS) is 1. The average Bonchev–Trinajstić information content (AvgIpc) is 3.07. The quantitative estimate of drug-likeness (QED) is 0.892. The Balaban J connectivity index is 1.76. The van der Waals surface area contributed by atoms with Gasteiger partial charge in [-0.3, -0.25) is 9.59 Å². The van der Waals surface area contributed by atoms with Crippen LogP contribution in [-0.4, -0.2) is 24.1 Å². The number of fused-ring (bicyclic) bond motifs is 2. The minimum absolute atomic E-state index is 0.161. The van der Waals surface area contributed by atoms with Crippen LogP contribution in [-0.2, 0) is 9.59 Å². The maximum absolute atomic E-state index is 12.5. The van der Waals surface area contributed by atoms with E-state index in [0.29, 0.717) is 11.4 Å². The van der Waals surface area contributed by atoms with Crippen molar-refractivity contribution < 1.29 is 19.4 Å². The highest BCUT2D eigenvalue weighted by Crippen LogP contribution is 2.52. The van der Waals surface area contributed by atoms with Gasteiger partial charge in [0.2, 0.25) is 5.91 Å². The normalized spacial score (nSPS) is 30.1. The van der Waals surface area contributed by atoms with Gasteiger partial charge >= 0.3 is 5.97 Å². The third-order valence-corrected chi connectivity index (χ3v) is 4.84. The van der Waals surface area contributed by atoms with Gasteiger partial charge in [-0.15, -0.1) is 0 Å². The molecule has 2 bridgehead atoms. The van der Waals surface area contributed by atoms with E-state index >= 15 is 0 Å². The summed E-state index contributed by atoms with van der Waals surface area (Å²) >= 11 is 0. The standard InChI is InChI=1S/C16H19NO4/c1-21-12-4-2-3-11(8-12)17-15(18)13-9-5-6-10(7-9)14(13)16(19)20/h2-4,8-10,13-14H,5-7H2,1H3,(H,17,18)(H,19,20)/t9-,10-,13+,14-/m0/s1. The molecule has 2 fully saturated rings. The summed E-state index contributed by atoms with van der Waals surface area (Å²) in [5.41, 5.74) is 0.645. The number of aliphatic carboxylic acids is 1. The smallest absolute Gasteiger partial charge is 0.307 e. The van der Waals surface area contributed by atoms with Crippen LogP contribution in [0.1, 0.15) is 19.3 Å². The zero-order chi connectivity index (χ0) is 15.0. The molecule has 0 saturated heterocycles. The van der Waals surface area contributed by atoms with Gasteiger partial charge in [0.25, 0.3) is 0 Å². The number of ether oxygens (including phenoxy) is 1. The topological polar surface area (TPSA) is 75.6 Å². The molecule has 2 N–H and O–H groups in total. The molecule has 3 rings (SSSR count). The number of benzene rings is 1. The molecule has 0 heterocycles. The molecule has 21 heavy (non-hydrogen) atoms. The predicted octanol–water partition coefficient (Wildman–Crippen LogP) is 2.38. The van der Waals surface area contributed by atoms with E-state index in [9.17, 15) is 14.7 Å². The molecule has 2 aliphatic carbocycles. The molecule has 0 aliphatic heterocycles. The molecule has 5 heteroatoms. The van der Waals surface area contributed by atoms with Crippen LogP contribution in [0, 0.1) is 23.7 Å². The molecule has 2 saturated carbocycles. The Morgan fingerprint density at radius 1 is 1.24 bits per heavy atom. The van der Waals surface area contributed by atoms with E-state index < -0.39 is 17.8 Å². The van der Waals surface area contributed by atoms with Gasteiger partial charge in [0.1, 0.15) is 5.75 Å². The highest BCUT2D eigenvalue weighted by atomic mass is 16.5. The van der Waals surface area contributed by atoms with E-state index in [1.165, 1.54) is 0 Å². The first-order chi connectivity index (χ1) is 10.1. The number of hydrogen-bond acceptors (Lipinski definition) is 3. The molecule has 1 aromatic rings. The minimum atomic E-state index is -0.840. The molecular formula is C16H19NO4. The lowest BCUT2D eigenvalue weighted by Crippen LogP contribution is -2.37. The fourth-order valence-electron chi connectivity index (χ4n) is 3.95. The van der Waals surface area contributed by atoms with Crippen LogP contribution < -0.4 is 10.1 Å². The molecule has 0 radical (unpaired) electrons. The van der Waals surface area contributed by atoms with Crippen molar-refractivity contribution in [1.82, 2.24) is 0 Å². The van der Waals surface area contributed by atoms with Gasteiger partial charge in [0.15, 0.2) is 0 Å². The van der Waals surface area contributed by atoms with Gasteiger partial charge < -0.3 is 15.2 Å². The number of amides is 1. The Hall–Kier alpha value is -2.04. The summed E-state index contributed by atoms with van der Waals surface area (Å²) in [5.74, 6) is -0.927. The maximum atomic E-state index is 12.5. The summed E-state index contributed by atoms with van der Waals surface area (Å²) in [6.45, 7) is 0. The third-order valence-electron chi connectivity index (χ3n) is 4.84. The van der Waals surface area contributed by atoms with Crippen LogP contribution >= 0.6 is 0 Å². The SMILES string of the molecule is COc1cccc(NC(=O)[C@@H]2[C@H]3CC[C@@H](C3)[C@@H]2C(=O)O)c1. The first kappa shape index (κ1) is 13.9. The van der Waals surface area contributed by atoms with E-state index in [4.69, 9.17) is 4.74 Å². The van der Waals surface area contributed by atoms with Crippen molar-refractivity contribution in [3.05, 3.63) is 24.3 Å². The number of nitrogens with one attached hydrogen (secondary N) is 1. The lowest BCUT2D eigenvalue weighted by atomic mass is 9.78. The van der Waals surface area contributed by atoms with Crippen LogP contribution in [0.5, 0.6) is 5.75 Å². The number of methoxy groups -OCH3 is 1. The zero-order valence-corrected chi connectivity index (χ0v) is 11.9. The average molecular weight is 289 g/mol. The molecule has 112 valence electrons. The molecule has 0 unspecified atom stereocenters. The summed E-state index contributed by atoms with van der Waals surface area (Å²) in [7, 11) is 1.57. The minimum Gasteiger partial charge on any atom is -0.497 e. The largest absolute Gasteiger partial charge is 0.497 e. The lowest BCUT2D eigenvalue weighted by molar-refractivity contribution is -0.148. The number of carboxylic acids is 1. The lowest BCUT2D eigenvalue weighted by Gasteiger charge is -2.27. The second-order valence-corrected chi connectivity index (χ2v) is 5.94. The third kappa shape index (κ3) is 2.48. The highest BCUT2D eigenvalue weighted by molar-refractivity contribution is 5.96. The van der Waals surface area contributed by atoms with Gasteiger partial charge in [-0.25, -0.2) is 0 Å². The molecule has 0 spiro atoms. The van der Waals surface area contributed by atoms with Crippen LogP contribution in [0.15, 0.2) is 24.3 Å². The fraction of sp³-hybridized carbons (Fsp3) is 0.500. The first-order valence-corrected chi connectivity index (χ1v) is 7.28. The van der Waals surface area contributed by atoms with E-state index in [0.717, 1.165) is 19.3 Å². The van der Waals surface area contributed by atoms with Crippen molar-refractivity contribution >= 4 is 17.6 Å². The zero-order valence-electron chi connectivity index (χ0n) is 11.9. The van der Waals surface area contributed by atoms with Crippen molar-refractivity contribution in [2.45, 2.75) is 19.3 Å². The Kier molecular flexibility index (Phi) is 3.57. The van der Waals surface area contributed by atoms with Crippen molar-refractivity contribution in [3.63, 3.8) is 0 Å². The predicted molar refractivity (Wildman–Crippen MR) is 77.1 cm³/mol. The molecule has 1 aromatic carbocycles. The molecular weight excluding hydrogens is 270 g/mol. The van der Waals surface area contributed by atoms with Crippen molar-refractivity contribution in [2.24, 2.45) is 23.7 Å². The van der Waals surface area contributed by atoms with Crippen LogP contribution in [0.3, 0.4) is 0 Å². The van der Waals surface area contributed by atoms with Crippen LogP contribution in [0.2, 0.25) is 0 Å². The molecule has 5 nitrogen and oxygen atoms in total. The molecule has 0 aromatic heterocycles. The summed E-state index contributed by atoms with van der Waals surface area (Å²) in [5, 5.41) is 12.2. The maximum Gasteiger partial charge on any atom is 0.307 e. The molecule has 1 amide bonds. The highest BCUT2D eigenvalue weighted by Gasteiger charge is 2.53. The summed E-state index contributed by atoms with van der Waals surface area (Å²) in [4.78, 5) is 24.0. The van der Waals surface area contributed by atoms with Gasteiger partial charge in [0, 0.05) is 11.8 Å². The molecule has 2 aliphatic rings.